The molecule has 1 aromatic carbocycles. The van der Waals surface area contributed by atoms with Gasteiger partial charge in [0.05, 0.1) is 0 Å². The molecule has 1 atom stereocenters. The fraction of sp³-hybridized carbons (Fsp3) is 0.286. The first-order chi connectivity index (χ1) is 8.65. The first-order valence-corrected chi connectivity index (χ1v) is 6.31. The van der Waals surface area contributed by atoms with Crippen LogP contribution >= 0.6 is 11.6 Å². The van der Waals surface area contributed by atoms with Gasteiger partial charge in [0.2, 0.25) is 0 Å². The second-order valence-electron chi connectivity index (χ2n) is 4.46. The van der Waals surface area contributed by atoms with Crippen molar-refractivity contribution in [2.45, 2.75) is 25.8 Å². The van der Waals surface area contributed by atoms with Crippen LogP contribution < -0.4 is 5.73 Å². The number of aromatic nitrogens is 2. The molecule has 0 saturated heterocycles. The normalized spacial score (nSPS) is 12.4. The van der Waals surface area contributed by atoms with Crippen LogP contribution in [0.2, 0.25) is 5.02 Å². The van der Waals surface area contributed by atoms with Gasteiger partial charge in [0, 0.05) is 29.9 Å². The molecule has 18 heavy (non-hydrogen) atoms. The maximum absolute atomic E-state index is 6.10. The monoisotopic (exact) mass is 261 g/mol. The van der Waals surface area contributed by atoms with Crippen molar-refractivity contribution in [1.29, 1.82) is 0 Å². The first kappa shape index (κ1) is 13.0. The standard InChI is InChI=1S/C14H16ClN3/c1-10(16)6-11-8-17-14(18-9-11)7-12-4-2-3-5-13(12)15/h2-5,8-10H,6-7,16H2,1H3. The van der Waals surface area contributed by atoms with Crippen LogP contribution in [0.15, 0.2) is 36.7 Å². The third-order valence-electron chi connectivity index (χ3n) is 2.62. The van der Waals surface area contributed by atoms with Gasteiger partial charge in [0.25, 0.3) is 0 Å². The minimum Gasteiger partial charge on any atom is -0.328 e. The highest BCUT2D eigenvalue weighted by Crippen LogP contribution is 2.17. The molecule has 0 aliphatic carbocycles. The summed E-state index contributed by atoms with van der Waals surface area (Å²) in [6.07, 6.45) is 5.12. The highest BCUT2D eigenvalue weighted by molar-refractivity contribution is 6.31. The molecule has 2 aromatic rings. The average Bonchev–Trinajstić information content (AvgIpc) is 2.34. The lowest BCUT2D eigenvalue weighted by Crippen LogP contribution is -2.18. The van der Waals surface area contributed by atoms with E-state index < -0.39 is 0 Å². The Balaban J connectivity index is 2.09. The average molecular weight is 262 g/mol. The zero-order valence-electron chi connectivity index (χ0n) is 10.3. The van der Waals surface area contributed by atoms with E-state index in [4.69, 9.17) is 17.3 Å². The molecule has 1 aromatic heterocycles. The van der Waals surface area contributed by atoms with Crippen LogP contribution in [0.3, 0.4) is 0 Å². The molecular formula is C14H16ClN3. The lowest BCUT2D eigenvalue weighted by molar-refractivity contribution is 0.729. The Hall–Kier alpha value is -1.45. The quantitative estimate of drug-likeness (QED) is 0.921. The SMILES string of the molecule is CC(N)Cc1cnc(Cc2ccccc2Cl)nc1. The van der Waals surface area contributed by atoms with E-state index in [0.717, 1.165) is 28.4 Å². The lowest BCUT2D eigenvalue weighted by atomic mass is 10.1. The van der Waals surface area contributed by atoms with Crippen molar-refractivity contribution in [2.24, 2.45) is 5.73 Å². The van der Waals surface area contributed by atoms with Crippen molar-refractivity contribution in [3.63, 3.8) is 0 Å². The Morgan fingerprint density at radius 1 is 1.22 bits per heavy atom. The van der Waals surface area contributed by atoms with Gasteiger partial charge in [-0.25, -0.2) is 9.97 Å². The Bertz CT molecular complexity index is 509. The van der Waals surface area contributed by atoms with Gasteiger partial charge in [-0.15, -0.1) is 0 Å². The molecule has 0 fully saturated rings. The van der Waals surface area contributed by atoms with E-state index in [0.29, 0.717) is 6.42 Å². The molecule has 0 aliphatic heterocycles. The Morgan fingerprint density at radius 3 is 2.50 bits per heavy atom. The summed E-state index contributed by atoms with van der Waals surface area (Å²) in [6, 6.07) is 7.87. The van der Waals surface area contributed by atoms with Gasteiger partial charge in [-0.05, 0) is 30.5 Å². The van der Waals surface area contributed by atoms with Gasteiger partial charge in [-0.1, -0.05) is 29.8 Å². The molecule has 0 bridgehead atoms. The Kier molecular flexibility index (Phi) is 4.28. The number of benzene rings is 1. The smallest absolute Gasteiger partial charge is 0.132 e. The highest BCUT2D eigenvalue weighted by atomic mass is 35.5. The first-order valence-electron chi connectivity index (χ1n) is 5.94. The van der Waals surface area contributed by atoms with Gasteiger partial charge >= 0.3 is 0 Å². The van der Waals surface area contributed by atoms with Gasteiger partial charge < -0.3 is 5.73 Å². The van der Waals surface area contributed by atoms with E-state index >= 15 is 0 Å². The van der Waals surface area contributed by atoms with Crippen molar-refractivity contribution < 1.29 is 0 Å². The van der Waals surface area contributed by atoms with Crippen molar-refractivity contribution in [2.75, 3.05) is 0 Å². The third kappa shape index (κ3) is 3.52. The second kappa shape index (κ2) is 5.94. The van der Waals surface area contributed by atoms with Gasteiger partial charge in [-0.3, -0.25) is 0 Å². The molecule has 0 spiro atoms. The van der Waals surface area contributed by atoms with Crippen molar-refractivity contribution in [3.8, 4) is 0 Å². The van der Waals surface area contributed by atoms with E-state index in [1.54, 1.807) is 0 Å². The predicted molar refractivity (Wildman–Crippen MR) is 73.6 cm³/mol. The fourth-order valence-electron chi connectivity index (χ4n) is 1.76. The minimum atomic E-state index is 0.128. The summed E-state index contributed by atoms with van der Waals surface area (Å²) in [5.41, 5.74) is 7.84. The van der Waals surface area contributed by atoms with E-state index in [9.17, 15) is 0 Å². The molecule has 1 heterocycles. The van der Waals surface area contributed by atoms with Gasteiger partial charge in [0.15, 0.2) is 0 Å². The summed E-state index contributed by atoms with van der Waals surface area (Å²) in [4.78, 5) is 8.69. The van der Waals surface area contributed by atoms with Crippen molar-refractivity contribution >= 4 is 11.6 Å². The summed E-state index contributed by atoms with van der Waals surface area (Å²) in [5, 5.41) is 0.751. The summed E-state index contributed by atoms with van der Waals surface area (Å²) < 4.78 is 0. The molecule has 2 rings (SSSR count). The minimum absolute atomic E-state index is 0.128. The zero-order valence-corrected chi connectivity index (χ0v) is 11.1. The zero-order chi connectivity index (χ0) is 13.0. The molecule has 0 saturated carbocycles. The topological polar surface area (TPSA) is 51.8 Å². The summed E-state index contributed by atoms with van der Waals surface area (Å²) in [6.45, 7) is 1.97. The van der Waals surface area contributed by atoms with Gasteiger partial charge in [-0.2, -0.15) is 0 Å². The molecule has 4 heteroatoms. The molecule has 0 aliphatic rings. The van der Waals surface area contributed by atoms with Crippen LogP contribution in [0.1, 0.15) is 23.9 Å². The van der Waals surface area contributed by atoms with Crippen molar-refractivity contribution in [3.05, 3.63) is 58.6 Å². The van der Waals surface area contributed by atoms with Crippen LogP contribution in [0.4, 0.5) is 0 Å². The van der Waals surface area contributed by atoms with Gasteiger partial charge in [0.1, 0.15) is 5.82 Å². The molecular weight excluding hydrogens is 246 g/mol. The molecule has 0 radical (unpaired) electrons. The largest absolute Gasteiger partial charge is 0.328 e. The number of hydrogen-bond donors (Lipinski definition) is 1. The van der Waals surface area contributed by atoms with E-state index in [1.807, 2.05) is 43.6 Å². The molecule has 3 nitrogen and oxygen atoms in total. The summed E-state index contributed by atoms with van der Waals surface area (Å²) >= 11 is 6.10. The Morgan fingerprint density at radius 2 is 1.89 bits per heavy atom. The summed E-state index contributed by atoms with van der Waals surface area (Å²) in [5.74, 6) is 0.775. The van der Waals surface area contributed by atoms with E-state index in [1.165, 1.54) is 0 Å². The fourth-order valence-corrected chi connectivity index (χ4v) is 1.96. The second-order valence-corrected chi connectivity index (χ2v) is 4.86. The number of nitrogens with two attached hydrogens (primary N) is 1. The highest BCUT2D eigenvalue weighted by Gasteiger charge is 2.04. The molecule has 0 amide bonds. The van der Waals surface area contributed by atoms with E-state index in [-0.39, 0.29) is 6.04 Å². The maximum atomic E-state index is 6.10. The maximum Gasteiger partial charge on any atom is 0.132 e. The van der Waals surface area contributed by atoms with Crippen LogP contribution in [-0.4, -0.2) is 16.0 Å². The lowest BCUT2D eigenvalue weighted by Gasteiger charge is -2.06. The number of hydrogen-bond acceptors (Lipinski definition) is 3. The predicted octanol–water partition coefficient (Wildman–Crippen LogP) is 2.61. The molecule has 1 unspecified atom stereocenters. The van der Waals surface area contributed by atoms with Crippen LogP contribution in [0.5, 0.6) is 0 Å². The van der Waals surface area contributed by atoms with E-state index in [2.05, 4.69) is 9.97 Å². The third-order valence-corrected chi connectivity index (χ3v) is 2.99. The van der Waals surface area contributed by atoms with Crippen LogP contribution in [0.25, 0.3) is 0 Å². The number of rotatable bonds is 4. The van der Waals surface area contributed by atoms with Crippen molar-refractivity contribution in [1.82, 2.24) is 9.97 Å². The molecule has 94 valence electrons. The Labute approximate surface area is 112 Å². The van der Waals surface area contributed by atoms with Crippen LogP contribution in [0, 0.1) is 0 Å². The number of nitrogens with zero attached hydrogens (tertiary/aromatic N) is 2. The molecule has 2 N–H and O–H groups in total. The number of halogens is 1. The van der Waals surface area contributed by atoms with Crippen LogP contribution in [-0.2, 0) is 12.8 Å². The summed E-state index contributed by atoms with van der Waals surface area (Å²) in [7, 11) is 0.